The van der Waals surface area contributed by atoms with E-state index < -0.39 is 19.0 Å². The molecule has 106 valence electrons. The molecule has 0 aliphatic carbocycles. The Kier molecular flexibility index (Phi) is 6.42. The molecule has 0 saturated carbocycles. The standard InChI is InChI=1S/C14H20F2N2O/c1-2-8-18(10-13(15)16)14(19)9-12(17)11-6-4-3-5-7-11/h3-7,12-13H,2,8-10,17H2,1H3. The summed E-state index contributed by atoms with van der Waals surface area (Å²) in [4.78, 5) is 13.2. The average molecular weight is 270 g/mol. The molecule has 0 aromatic heterocycles. The maximum atomic E-state index is 12.4. The first-order valence-electron chi connectivity index (χ1n) is 6.41. The van der Waals surface area contributed by atoms with Crippen molar-refractivity contribution in [3.8, 4) is 0 Å². The molecule has 1 amide bonds. The number of alkyl halides is 2. The van der Waals surface area contributed by atoms with E-state index in [0.29, 0.717) is 13.0 Å². The number of rotatable bonds is 7. The minimum atomic E-state index is -2.51. The molecule has 1 aromatic carbocycles. The van der Waals surface area contributed by atoms with Crippen LogP contribution in [0.2, 0.25) is 0 Å². The summed E-state index contributed by atoms with van der Waals surface area (Å²) in [5.41, 5.74) is 6.76. The third-order valence-electron chi connectivity index (χ3n) is 2.83. The zero-order valence-corrected chi connectivity index (χ0v) is 11.1. The molecule has 0 fully saturated rings. The maximum Gasteiger partial charge on any atom is 0.255 e. The summed E-state index contributed by atoms with van der Waals surface area (Å²) in [6, 6.07) is 8.74. The van der Waals surface area contributed by atoms with Crippen LogP contribution in [0.1, 0.15) is 31.4 Å². The van der Waals surface area contributed by atoms with Gasteiger partial charge in [-0.3, -0.25) is 4.79 Å². The number of benzene rings is 1. The highest BCUT2D eigenvalue weighted by molar-refractivity contribution is 5.77. The quantitative estimate of drug-likeness (QED) is 0.827. The lowest BCUT2D eigenvalue weighted by molar-refractivity contribution is -0.133. The van der Waals surface area contributed by atoms with Gasteiger partial charge >= 0.3 is 0 Å². The largest absolute Gasteiger partial charge is 0.337 e. The van der Waals surface area contributed by atoms with E-state index in [0.717, 1.165) is 5.56 Å². The summed E-state index contributed by atoms with van der Waals surface area (Å²) in [6.07, 6.45) is -1.81. The second kappa shape index (κ2) is 7.84. The molecule has 5 heteroatoms. The number of hydrogen-bond donors (Lipinski definition) is 1. The topological polar surface area (TPSA) is 46.3 Å². The van der Waals surface area contributed by atoms with Gasteiger partial charge in [0.15, 0.2) is 0 Å². The van der Waals surface area contributed by atoms with Crippen LogP contribution in [0.25, 0.3) is 0 Å². The number of nitrogens with zero attached hydrogens (tertiary/aromatic N) is 1. The van der Waals surface area contributed by atoms with Gasteiger partial charge in [0.1, 0.15) is 0 Å². The van der Waals surface area contributed by atoms with Crippen LogP contribution < -0.4 is 5.73 Å². The van der Waals surface area contributed by atoms with Crippen LogP contribution in [-0.4, -0.2) is 30.3 Å². The van der Waals surface area contributed by atoms with E-state index in [2.05, 4.69) is 0 Å². The molecular formula is C14H20F2N2O. The second-order valence-corrected chi connectivity index (χ2v) is 4.45. The number of nitrogens with two attached hydrogens (primary N) is 1. The third-order valence-corrected chi connectivity index (χ3v) is 2.83. The highest BCUT2D eigenvalue weighted by atomic mass is 19.3. The summed E-state index contributed by atoms with van der Waals surface area (Å²) in [7, 11) is 0. The van der Waals surface area contributed by atoms with Crippen molar-refractivity contribution in [1.29, 1.82) is 0 Å². The first kappa shape index (κ1) is 15.6. The summed E-state index contributed by atoms with van der Waals surface area (Å²) in [5, 5.41) is 0. The third kappa shape index (κ3) is 5.34. The lowest BCUT2D eigenvalue weighted by Crippen LogP contribution is -2.37. The summed E-state index contributed by atoms with van der Waals surface area (Å²) < 4.78 is 24.8. The normalized spacial score (nSPS) is 12.5. The van der Waals surface area contributed by atoms with E-state index in [-0.39, 0.29) is 12.3 Å². The fourth-order valence-electron chi connectivity index (χ4n) is 1.89. The molecule has 1 unspecified atom stereocenters. The molecule has 0 saturated heterocycles. The van der Waals surface area contributed by atoms with Gasteiger partial charge in [0.2, 0.25) is 5.91 Å². The Labute approximate surface area is 112 Å². The number of carbonyl (C=O) groups excluding carboxylic acids is 1. The van der Waals surface area contributed by atoms with Crippen LogP contribution in [0.3, 0.4) is 0 Å². The van der Waals surface area contributed by atoms with Crippen LogP contribution in [0.5, 0.6) is 0 Å². The zero-order chi connectivity index (χ0) is 14.3. The molecule has 1 rings (SSSR count). The van der Waals surface area contributed by atoms with Crippen molar-refractivity contribution in [2.24, 2.45) is 5.73 Å². The molecule has 0 radical (unpaired) electrons. The number of amides is 1. The molecule has 2 N–H and O–H groups in total. The predicted molar refractivity (Wildman–Crippen MR) is 70.9 cm³/mol. The predicted octanol–water partition coefficient (Wildman–Crippen LogP) is 2.58. The molecule has 0 bridgehead atoms. The molecule has 0 spiro atoms. The average Bonchev–Trinajstić information content (AvgIpc) is 2.38. The van der Waals surface area contributed by atoms with Crippen LogP contribution >= 0.6 is 0 Å². The van der Waals surface area contributed by atoms with Crippen LogP contribution in [0.4, 0.5) is 8.78 Å². The number of hydrogen-bond acceptors (Lipinski definition) is 2. The van der Waals surface area contributed by atoms with Gasteiger partial charge in [0, 0.05) is 19.0 Å². The van der Waals surface area contributed by atoms with Gasteiger partial charge in [-0.1, -0.05) is 37.3 Å². The van der Waals surface area contributed by atoms with Gasteiger partial charge in [0.05, 0.1) is 6.54 Å². The zero-order valence-electron chi connectivity index (χ0n) is 11.1. The fourth-order valence-corrected chi connectivity index (χ4v) is 1.89. The molecule has 19 heavy (non-hydrogen) atoms. The van der Waals surface area contributed by atoms with Crippen molar-refractivity contribution < 1.29 is 13.6 Å². The maximum absolute atomic E-state index is 12.4. The molecule has 3 nitrogen and oxygen atoms in total. The number of halogens is 2. The number of carbonyl (C=O) groups is 1. The molecule has 0 aliphatic heterocycles. The Morgan fingerprint density at radius 3 is 2.47 bits per heavy atom. The van der Waals surface area contributed by atoms with Crippen molar-refractivity contribution in [1.82, 2.24) is 4.90 Å². The van der Waals surface area contributed by atoms with Crippen molar-refractivity contribution in [3.05, 3.63) is 35.9 Å². The first-order chi connectivity index (χ1) is 9.04. The van der Waals surface area contributed by atoms with Gasteiger partial charge in [-0.25, -0.2) is 8.78 Å². The Morgan fingerprint density at radius 1 is 1.32 bits per heavy atom. The fraction of sp³-hybridized carbons (Fsp3) is 0.500. The van der Waals surface area contributed by atoms with Gasteiger partial charge < -0.3 is 10.6 Å². The highest BCUT2D eigenvalue weighted by Gasteiger charge is 2.20. The van der Waals surface area contributed by atoms with Gasteiger partial charge in [-0.2, -0.15) is 0 Å². The van der Waals surface area contributed by atoms with E-state index in [4.69, 9.17) is 5.73 Å². The smallest absolute Gasteiger partial charge is 0.255 e. The van der Waals surface area contributed by atoms with Crippen molar-refractivity contribution in [2.45, 2.75) is 32.2 Å². The van der Waals surface area contributed by atoms with E-state index >= 15 is 0 Å². The van der Waals surface area contributed by atoms with E-state index in [9.17, 15) is 13.6 Å². The van der Waals surface area contributed by atoms with Crippen molar-refractivity contribution in [3.63, 3.8) is 0 Å². The Morgan fingerprint density at radius 2 is 1.95 bits per heavy atom. The minimum absolute atomic E-state index is 0.0523. The Hall–Kier alpha value is -1.49. The minimum Gasteiger partial charge on any atom is -0.337 e. The van der Waals surface area contributed by atoms with E-state index in [1.807, 2.05) is 37.3 Å². The monoisotopic (exact) mass is 270 g/mol. The van der Waals surface area contributed by atoms with Crippen molar-refractivity contribution >= 4 is 5.91 Å². The molecule has 1 atom stereocenters. The van der Waals surface area contributed by atoms with Crippen LogP contribution in [-0.2, 0) is 4.79 Å². The summed E-state index contributed by atoms with van der Waals surface area (Å²) in [6.45, 7) is 1.67. The van der Waals surface area contributed by atoms with Gasteiger partial charge in [-0.15, -0.1) is 0 Å². The molecule has 1 aromatic rings. The summed E-state index contributed by atoms with van der Waals surface area (Å²) in [5.74, 6) is -0.321. The first-order valence-corrected chi connectivity index (χ1v) is 6.41. The van der Waals surface area contributed by atoms with Crippen molar-refractivity contribution in [2.75, 3.05) is 13.1 Å². The molecule has 0 aliphatic rings. The van der Waals surface area contributed by atoms with Gasteiger partial charge in [-0.05, 0) is 12.0 Å². The lowest BCUT2D eigenvalue weighted by atomic mass is 10.0. The van der Waals surface area contributed by atoms with Gasteiger partial charge in [0.25, 0.3) is 6.43 Å². The summed E-state index contributed by atoms with van der Waals surface area (Å²) >= 11 is 0. The van der Waals surface area contributed by atoms with Crippen LogP contribution in [0, 0.1) is 0 Å². The highest BCUT2D eigenvalue weighted by Crippen LogP contribution is 2.15. The second-order valence-electron chi connectivity index (χ2n) is 4.45. The lowest BCUT2D eigenvalue weighted by Gasteiger charge is -2.23. The SMILES string of the molecule is CCCN(CC(F)F)C(=O)CC(N)c1ccccc1. The molecule has 0 heterocycles. The van der Waals surface area contributed by atoms with E-state index in [1.54, 1.807) is 0 Å². The Bertz CT molecular complexity index is 384. The van der Waals surface area contributed by atoms with E-state index in [1.165, 1.54) is 4.90 Å². The molecular weight excluding hydrogens is 250 g/mol. The Balaban J connectivity index is 2.60. The van der Waals surface area contributed by atoms with Crippen LogP contribution in [0.15, 0.2) is 30.3 Å².